The number of carbonyl (C=O) groups excluding carboxylic acids is 2. The van der Waals surface area contributed by atoms with Crippen LogP contribution in [0.5, 0.6) is 0 Å². The number of benzene rings is 3. The maximum absolute atomic E-state index is 12.6. The molecule has 2 N–H and O–H groups in total. The van der Waals surface area contributed by atoms with Crippen LogP contribution in [-0.2, 0) is 0 Å². The minimum absolute atomic E-state index is 0.108. The zero-order chi connectivity index (χ0) is 21.7. The van der Waals surface area contributed by atoms with Gasteiger partial charge in [0, 0.05) is 35.5 Å². The Morgan fingerprint density at radius 1 is 0.667 bits per heavy atom. The van der Waals surface area contributed by atoms with Crippen molar-refractivity contribution in [3.8, 4) is 0 Å². The topological polar surface area (TPSA) is 144 Å². The quantitative estimate of drug-likeness (QED) is 0.467. The molecule has 0 atom stereocenters. The van der Waals surface area contributed by atoms with E-state index in [2.05, 4.69) is 10.6 Å². The molecule has 2 amide bonds. The molecule has 0 bridgehead atoms. The maximum atomic E-state index is 12.6. The maximum Gasteiger partial charge on any atom is 0.269 e. The molecule has 0 radical (unpaired) electrons. The fourth-order valence-corrected chi connectivity index (χ4v) is 2.58. The van der Waals surface area contributed by atoms with Crippen LogP contribution in [-0.4, -0.2) is 21.7 Å². The number of nitro groups is 2. The van der Waals surface area contributed by atoms with E-state index in [1.807, 2.05) is 0 Å². The Kier molecular flexibility index (Phi) is 5.78. The van der Waals surface area contributed by atoms with Crippen LogP contribution < -0.4 is 10.6 Å². The van der Waals surface area contributed by atoms with Crippen molar-refractivity contribution in [3.63, 3.8) is 0 Å². The number of nitrogens with zero attached hydrogens (tertiary/aromatic N) is 2. The summed E-state index contributed by atoms with van der Waals surface area (Å²) in [6.07, 6.45) is 0. The number of amides is 2. The molecule has 150 valence electrons. The van der Waals surface area contributed by atoms with Crippen LogP contribution in [0.15, 0.2) is 72.8 Å². The largest absolute Gasteiger partial charge is 0.322 e. The minimum Gasteiger partial charge on any atom is -0.322 e. The van der Waals surface area contributed by atoms with Crippen LogP contribution in [0.25, 0.3) is 0 Å². The second kappa shape index (κ2) is 8.61. The van der Waals surface area contributed by atoms with E-state index in [4.69, 9.17) is 0 Å². The highest BCUT2D eigenvalue weighted by molar-refractivity contribution is 6.12. The van der Waals surface area contributed by atoms with Crippen LogP contribution in [0.2, 0.25) is 0 Å². The molecule has 0 aliphatic heterocycles. The lowest BCUT2D eigenvalue weighted by molar-refractivity contribution is -0.385. The molecule has 3 aromatic rings. The molecule has 30 heavy (non-hydrogen) atoms. The van der Waals surface area contributed by atoms with Gasteiger partial charge in [0.15, 0.2) is 0 Å². The first kappa shape index (κ1) is 20.1. The van der Waals surface area contributed by atoms with Gasteiger partial charge in [0.25, 0.3) is 23.2 Å². The van der Waals surface area contributed by atoms with E-state index in [9.17, 15) is 29.8 Å². The average molecular weight is 406 g/mol. The van der Waals surface area contributed by atoms with E-state index in [1.54, 1.807) is 12.1 Å². The SMILES string of the molecule is O=C(Nc1ccccc1C(=O)Nc1ccc([N+](=O)[O-])cc1)c1ccc([N+](=O)[O-])cc1. The first-order valence-corrected chi connectivity index (χ1v) is 8.56. The molecule has 3 aromatic carbocycles. The fraction of sp³-hybridized carbons (Fsp3) is 0. The number of nitro benzene ring substituents is 2. The molecule has 0 fully saturated rings. The monoisotopic (exact) mass is 406 g/mol. The predicted molar refractivity (Wildman–Crippen MR) is 109 cm³/mol. The summed E-state index contributed by atoms with van der Waals surface area (Å²) >= 11 is 0. The van der Waals surface area contributed by atoms with E-state index in [-0.39, 0.29) is 28.2 Å². The van der Waals surface area contributed by atoms with Crippen molar-refractivity contribution < 1.29 is 19.4 Å². The summed E-state index contributed by atoms with van der Waals surface area (Å²) in [5, 5.41) is 26.7. The summed E-state index contributed by atoms with van der Waals surface area (Å²) in [5.41, 5.74) is 0.692. The molecule has 0 saturated heterocycles. The second-order valence-electron chi connectivity index (χ2n) is 6.06. The van der Waals surface area contributed by atoms with Gasteiger partial charge in [-0.3, -0.25) is 29.8 Å². The van der Waals surface area contributed by atoms with Crippen molar-refractivity contribution in [2.24, 2.45) is 0 Å². The first-order valence-electron chi connectivity index (χ1n) is 8.56. The van der Waals surface area contributed by atoms with Crippen molar-refractivity contribution in [3.05, 3.63) is 104 Å². The van der Waals surface area contributed by atoms with E-state index in [0.29, 0.717) is 5.69 Å². The number of rotatable bonds is 6. The standard InChI is InChI=1S/C20H14N4O6/c25-19(13-5-9-15(10-6-13)23(27)28)22-18-4-2-1-3-17(18)20(26)21-14-7-11-16(12-8-14)24(29)30/h1-12H,(H,21,26)(H,22,25). The Morgan fingerprint density at radius 2 is 1.20 bits per heavy atom. The molecule has 0 saturated carbocycles. The van der Waals surface area contributed by atoms with Crippen LogP contribution in [0.1, 0.15) is 20.7 Å². The van der Waals surface area contributed by atoms with Gasteiger partial charge >= 0.3 is 0 Å². The Labute approximate surface area is 169 Å². The van der Waals surface area contributed by atoms with Crippen molar-refractivity contribution >= 4 is 34.6 Å². The summed E-state index contributed by atoms with van der Waals surface area (Å²) in [6.45, 7) is 0. The van der Waals surface area contributed by atoms with Gasteiger partial charge in [-0.05, 0) is 36.4 Å². The lowest BCUT2D eigenvalue weighted by atomic mass is 10.1. The Balaban J connectivity index is 1.76. The Hall–Kier alpha value is -4.60. The summed E-state index contributed by atoms with van der Waals surface area (Å²) in [5.74, 6) is -1.07. The van der Waals surface area contributed by atoms with Crippen molar-refractivity contribution in [1.29, 1.82) is 0 Å². The summed E-state index contributed by atoms with van der Waals surface area (Å²) in [4.78, 5) is 45.4. The lowest BCUT2D eigenvalue weighted by Crippen LogP contribution is -2.18. The number of non-ortho nitro benzene ring substituents is 2. The minimum atomic E-state index is -0.570. The molecular weight excluding hydrogens is 392 g/mol. The average Bonchev–Trinajstić information content (AvgIpc) is 2.74. The summed E-state index contributed by atoms with van der Waals surface area (Å²) < 4.78 is 0. The van der Waals surface area contributed by atoms with Crippen molar-refractivity contribution in [1.82, 2.24) is 0 Å². The van der Waals surface area contributed by atoms with Crippen LogP contribution in [0.4, 0.5) is 22.7 Å². The Morgan fingerprint density at radius 3 is 1.77 bits per heavy atom. The highest BCUT2D eigenvalue weighted by atomic mass is 16.6. The molecular formula is C20H14N4O6. The summed E-state index contributed by atoms with van der Waals surface area (Å²) in [6, 6.07) is 16.7. The molecule has 0 heterocycles. The third kappa shape index (κ3) is 4.62. The van der Waals surface area contributed by atoms with Crippen LogP contribution in [0, 0.1) is 20.2 Å². The molecule has 3 rings (SSSR count). The summed E-state index contributed by atoms with van der Waals surface area (Å²) in [7, 11) is 0. The van der Waals surface area contributed by atoms with Gasteiger partial charge in [0.05, 0.1) is 21.1 Å². The van der Waals surface area contributed by atoms with Gasteiger partial charge in [0.2, 0.25) is 0 Å². The van der Waals surface area contributed by atoms with Crippen LogP contribution in [0.3, 0.4) is 0 Å². The zero-order valence-corrected chi connectivity index (χ0v) is 15.3. The predicted octanol–water partition coefficient (Wildman–Crippen LogP) is 4.01. The third-order valence-corrected chi connectivity index (χ3v) is 4.10. The molecule has 0 aliphatic rings. The zero-order valence-electron chi connectivity index (χ0n) is 15.3. The molecule has 10 nitrogen and oxygen atoms in total. The van der Waals surface area contributed by atoms with E-state index < -0.39 is 21.7 Å². The smallest absolute Gasteiger partial charge is 0.269 e. The van der Waals surface area contributed by atoms with Gasteiger partial charge in [-0.15, -0.1) is 0 Å². The van der Waals surface area contributed by atoms with Gasteiger partial charge in [-0.1, -0.05) is 12.1 Å². The number of hydrogen-bond acceptors (Lipinski definition) is 6. The van der Waals surface area contributed by atoms with E-state index in [1.165, 1.54) is 60.7 Å². The highest BCUT2D eigenvalue weighted by Gasteiger charge is 2.16. The van der Waals surface area contributed by atoms with E-state index in [0.717, 1.165) is 0 Å². The molecule has 0 spiro atoms. The molecule has 0 aliphatic carbocycles. The van der Waals surface area contributed by atoms with Crippen LogP contribution >= 0.6 is 0 Å². The number of hydrogen-bond donors (Lipinski definition) is 2. The Bertz CT molecular complexity index is 1130. The fourth-order valence-electron chi connectivity index (χ4n) is 2.58. The van der Waals surface area contributed by atoms with E-state index >= 15 is 0 Å². The molecule has 0 aromatic heterocycles. The molecule has 0 unspecified atom stereocenters. The highest BCUT2D eigenvalue weighted by Crippen LogP contribution is 2.21. The normalized spacial score (nSPS) is 10.1. The number of nitrogens with one attached hydrogen (secondary N) is 2. The van der Waals surface area contributed by atoms with Gasteiger partial charge in [0.1, 0.15) is 0 Å². The molecule has 10 heteroatoms. The third-order valence-electron chi connectivity index (χ3n) is 4.10. The van der Waals surface area contributed by atoms with Gasteiger partial charge in [-0.2, -0.15) is 0 Å². The number of para-hydroxylation sites is 1. The van der Waals surface area contributed by atoms with Crippen molar-refractivity contribution in [2.75, 3.05) is 10.6 Å². The van der Waals surface area contributed by atoms with Crippen molar-refractivity contribution in [2.45, 2.75) is 0 Å². The van der Waals surface area contributed by atoms with Gasteiger partial charge < -0.3 is 10.6 Å². The number of anilines is 2. The number of carbonyl (C=O) groups is 2. The van der Waals surface area contributed by atoms with Gasteiger partial charge in [-0.25, -0.2) is 0 Å². The lowest BCUT2D eigenvalue weighted by Gasteiger charge is -2.11. The second-order valence-corrected chi connectivity index (χ2v) is 6.06. The first-order chi connectivity index (χ1) is 14.3.